The Kier molecular flexibility index (Phi) is 9.87. The molecule has 0 aromatic heterocycles. The first kappa shape index (κ1) is 28.5. The van der Waals surface area contributed by atoms with E-state index in [1.54, 1.807) is 0 Å². The molecule has 2 heteroatoms. The molecule has 2 nitrogen and oxygen atoms in total. The van der Waals surface area contributed by atoms with Gasteiger partial charge in [0.1, 0.15) is 0 Å². The Bertz CT molecular complexity index is 1260. The minimum Gasteiger partial charge on any atom is -0.399 e. The largest absolute Gasteiger partial charge is 0.399 e. The van der Waals surface area contributed by atoms with Gasteiger partial charge in [0.2, 0.25) is 0 Å². The molecule has 0 aliphatic heterocycles. The van der Waals surface area contributed by atoms with Crippen molar-refractivity contribution in [3.8, 4) is 0 Å². The van der Waals surface area contributed by atoms with Gasteiger partial charge in [-0.05, 0) is 147 Å². The number of hydrogen-bond acceptors (Lipinski definition) is 2. The quantitative estimate of drug-likeness (QED) is 0.146. The zero-order chi connectivity index (χ0) is 27.8. The summed E-state index contributed by atoms with van der Waals surface area (Å²) in [4.78, 5) is 0. The Hall–Kier alpha value is -3.52. The van der Waals surface area contributed by atoms with E-state index >= 15 is 0 Å². The second-order valence-electron chi connectivity index (χ2n) is 11.5. The highest BCUT2D eigenvalue weighted by Crippen LogP contribution is 2.21. The molecule has 4 aromatic rings. The van der Waals surface area contributed by atoms with E-state index in [0.29, 0.717) is 0 Å². The Morgan fingerprint density at radius 3 is 1.08 bits per heavy atom. The molecule has 0 radical (unpaired) electrons. The van der Waals surface area contributed by atoms with Gasteiger partial charge < -0.3 is 11.5 Å². The minimum absolute atomic E-state index is 0.894. The Labute approximate surface area is 236 Å². The van der Waals surface area contributed by atoms with Gasteiger partial charge in [0.25, 0.3) is 0 Å². The van der Waals surface area contributed by atoms with Crippen molar-refractivity contribution >= 4 is 11.4 Å². The highest BCUT2D eigenvalue weighted by molar-refractivity contribution is 5.52. The third-order valence-corrected chi connectivity index (χ3v) is 8.29. The second kappa shape index (κ2) is 13.5. The molecule has 0 unspecified atom stereocenters. The monoisotopic (exact) mass is 518 g/mol. The van der Waals surface area contributed by atoms with Crippen molar-refractivity contribution in [3.63, 3.8) is 0 Å². The highest BCUT2D eigenvalue weighted by Gasteiger charge is 2.05. The number of anilines is 2. The Morgan fingerprint density at radius 1 is 0.385 bits per heavy atom. The van der Waals surface area contributed by atoms with Crippen LogP contribution < -0.4 is 11.5 Å². The first-order valence-electron chi connectivity index (χ1n) is 14.7. The summed E-state index contributed by atoms with van der Waals surface area (Å²) in [5.74, 6) is 0. The van der Waals surface area contributed by atoms with Crippen molar-refractivity contribution in [2.75, 3.05) is 11.5 Å². The van der Waals surface area contributed by atoms with Gasteiger partial charge in [-0.1, -0.05) is 67.1 Å². The zero-order valence-corrected chi connectivity index (χ0v) is 24.4. The molecule has 0 spiro atoms. The molecule has 0 saturated heterocycles. The maximum Gasteiger partial charge on any atom is 0.0346 e. The topological polar surface area (TPSA) is 52.0 Å². The van der Waals surface area contributed by atoms with Crippen LogP contribution in [0.3, 0.4) is 0 Å². The summed E-state index contributed by atoms with van der Waals surface area (Å²) in [6.07, 6.45) is 10.4. The van der Waals surface area contributed by atoms with E-state index < -0.39 is 0 Å². The van der Waals surface area contributed by atoms with Gasteiger partial charge in [0.05, 0.1) is 0 Å². The summed E-state index contributed by atoms with van der Waals surface area (Å²) < 4.78 is 0. The van der Waals surface area contributed by atoms with E-state index in [9.17, 15) is 0 Å². The summed E-state index contributed by atoms with van der Waals surface area (Å²) in [7, 11) is 0. The molecular formula is C37H46N2. The SMILES string of the molecule is Cc1cc(CCc2ccc(CCCCCc3ccc(CCc4cc(C)c(N)cc4C)cc3)cc2)c(C)cc1N. The smallest absolute Gasteiger partial charge is 0.0346 e. The number of hydrogen-bond donors (Lipinski definition) is 2. The number of rotatable bonds is 12. The van der Waals surface area contributed by atoms with Crippen molar-refractivity contribution in [2.45, 2.75) is 85.5 Å². The summed E-state index contributed by atoms with van der Waals surface area (Å²) in [6, 6.07) is 27.2. The lowest BCUT2D eigenvalue weighted by Crippen LogP contribution is -1.98. The highest BCUT2D eigenvalue weighted by atomic mass is 14.6. The van der Waals surface area contributed by atoms with Gasteiger partial charge >= 0.3 is 0 Å². The van der Waals surface area contributed by atoms with Crippen LogP contribution in [0.2, 0.25) is 0 Å². The molecule has 0 bridgehead atoms. The standard InChI is InChI=1S/C37H46N2/c1-26-24-36(38)28(3)22-34(26)20-18-32-14-10-30(11-15-32)8-6-5-7-9-31-12-16-33(17-13-31)19-21-35-23-29(4)37(39)25-27(35)2/h10-17,22-25H,5-9,18-21,38-39H2,1-4H3. The number of nitrogen functional groups attached to an aromatic ring is 2. The summed E-state index contributed by atoms with van der Waals surface area (Å²) >= 11 is 0. The summed E-state index contributed by atoms with van der Waals surface area (Å²) in [5.41, 5.74) is 27.4. The number of benzene rings is 4. The van der Waals surface area contributed by atoms with Gasteiger partial charge in [0.15, 0.2) is 0 Å². The van der Waals surface area contributed by atoms with Crippen molar-refractivity contribution < 1.29 is 0 Å². The van der Waals surface area contributed by atoms with Crippen molar-refractivity contribution in [1.29, 1.82) is 0 Å². The van der Waals surface area contributed by atoms with Gasteiger partial charge in [-0.3, -0.25) is 0 Å². The number of nitrogens with two attached hydrogens (primary N) is 2. The number of unbranched alkanes of at least 4 members (excludes halogenated alkanes) is 2. The van der Waals surface area contributed by atoms with Crippen LogP contribution >= 0.6 is 0 Å². The second-order valence-corrected chi connectivity index (χ2v) is 11.5. The molecule has 0 amide bonds. The molecule has 4 aromatic carbocycles. The van der Waals surface area contributed by atoms with Crippen LogP contribution in [0.4, 0.5) is 11.4 Å². The van der Waals surface area contributed by atoms with E-state index in [1.807, 2.05) is 0 Å². The van der Waals surface area contributed by atoms with Crippen molar-refractivity contribution in [3.05, 3.63) is 128 Å². The zero-order valence-electron chi connectivity index (χ0n) is 24.4. The lowest BCUT2D eigenvalue weighted by Gasteiger charge is -2.10. The van der Waals surface area contributed by atoms with E-state index in [2.05, 4.69) is 100 Å². The van der Waals surface area contributed by atoms with Gasteiger partial charge in [0, 0.05) is 11.4 Å². The minimum atomic E-state index is 0.894. The third kappa shape index (κ3) is 8.23. The Balaban J connectivity index is 1.14. The molecule has 0 saturated carbocycles. The fourth-order valence-corrected chi connectivity index (χ4v) is 5.47. The maximum atomic E-state index is 6.04. The predicted molar refractivity (Wildman–Crippen MR) is 170 cm³/mol. The average molecular weight is 519 g/mol. The fourth-order valence-electron chi connectivity index (χ4n) is 5.47. The maximum absolute atomic E-state index is 6.04. The van der Waals surface area contributed by atoms with Crippen LogP contribution in [0, 0.1) is 27.7 Å². The molecule has 0 aliphatic rings. The lowest BCUT2D eigenvalue weighted by molar-refractivity contribution is 0.678. The first-order chi connectivity index (χ1) is 18.8. The van der Waals surface area contributed by atoms with Crippen LogP contribution in [0.5, 0.6) is 0 Å². The molecule has 39 heavy (non-hydrogen) atoms. The fraction of sp³-hybridized carbons (Fsp3) is 0.351. The van der Waals surface area contributed by atoms with Crippen molar-refractivity contribution in [1.82, 2.24) is 0 Å². The molecule has 0 heterocycles. The lowest BCUT2D eigenvalue weighted by atomic mass is 9.96. The van der Waals surface area contributed by atoms with Gasteiger partial charge in [-0.25, -0.2) is 0 Å². The van der Waals surface area contributed by atoms with E-state index in [-0.39, 0.29) is 0 Å². The van der Waals surface area contributed by atoms with Gasteiger partial charge in [-0.2, -0.15) is 0 Å². The first-order valence-corrected chi connectivity index (χ1v) is 14.7. The van der Waals surface area contributed by atoms with E-state index in [1.165, 1.54) is 87.7 Å². The van der Waals surface area contributed by atoms with Crippen LogP contribution in [-0.4, -0.2) is 0 Å². The third-order valence-electron chi connectivity index (χ3n) is 8.29. The molecule has 0 aliphatic carbocycles. The Morgan fingerprint density at radius 2 is 0.718 bits per heavy atom. The summed E-state index contributed by atoms with van der Waals surface area (Å²) in [6.45, 7) is 8.51. The average Bonchev–Trinajstić information content (AvgIpc) is 2.92. The van der Waals surface area contributed by atoms with Crippen LogP contribution in [0.15, 0.2) is 72.8 Å². The summed E-state index contributed by atoms with van der Waals surface area (Å²) in [5, 5.41) is 0. The van der Waals surface area contributed by atoms with Crippen LogP contribution in [0.1, 0.15) is 74.9 Å². The van der Waals surface area contributed by atoms with Crippen molar-refractivity contribution in [2.24, 2.45) is 0 Å². The normalized spacial score (nSPS) is 11.2. The predicted octanol–water partition coefficient (Wildman–Crippen LogP) is 8.61. The molecule has 204 valence electrons. The molecule has 0 fully saturated rings. The molecule has 0 atom stereocenters. The molecular weight excluding hydrogens is 472 g/mol. The van der Waals surface area contributed by atoms with Crippen LogP contribution in [-0.2, 0) is 38.5 Å². The number of aryl methyl sites for hydroxylation is 10. The van der Waals surface area contributed by atoms with E-state index in [0.717, 1.165) is 37.1 Å². The van der Waals surface area contributed by atoms with E-state index in [4.69, 9.17) is 11.5 Å². The molecule has 4 rings (SSSR count). The molecule has 4 N–H and O–H groups in total. The van der Waals surface area contributed by atoms with Gasteiger partial charge in [-0.15, -0.1) is 0 Å². The van der Waals surface area contributed by atoms with Crippen LogP contribution in [0.25, 0.3) is 0 Å².